The van der Waals surface area contributed by atoms with E-state index in [-0.39, 0.29) is 5.41 Å². The molecule has 6 nitrogen and oxygen atoms in total. The van der Waals surface area contributed by atoms with Gasteiger partial charge in [-0.3, -0.25) is 0 Å². The topological polar surface area (TPSA) is 82.5 Å². The smallest absolute Gasteiger partial charge is 0.207 e. The van der Waals surface area contributed by atoms with E-state index in [1.807, 2.05) is 20.8 Å². The van der Waals surface area contributed by atoms with Crippen LogP contribution in [0.4, 0.5) is 0 Å². The van der Waals surface area contributed by atoms with Gasteiger partial charge in [0.25, 0.3) is 0 Å². The van der Waals surface area contributed by atoms with Crippen LogP contribution in [0.25, 0.3) is 11.2 Å². The van der Waals surface area contributed by atoms with E-state index < -0.39 is 0 Å². The van der Waals surface area contributed by atoms with Crippen LogP contribution >= 0.6 is 0 Å². The molecule has 0 saturated heterocycles. The van der Waals surface area contributed by atoms with Crippen molar-refractivity contribution in [3.63, 3.8) is 0 Å². The van der Waals surface area contributed by atoms with E-state index >= 15 is 0 Å². The molecule has 74 valence electrons. The van der Waals surface area contributed by atoms with Gasteiger partial charge >= 0.3 is 0 Å². The van der Waals surface area contributed by atoms with Gasteiger partial charge in [0, 0.05) is 5.41 Å². The first kappa shape index (κ1) is 8.86. The van der Waals surface area contributed by atoms with Crippen LogP contribution in [0.5, 0.6) is 0 Å². The quantitative estimate of drug-likeness (QED) is 0.604. The lowest BCUT2D eigenvalue weighted by Crippen LogP contribution is -2.16. The number of hydrogen-bond donors (Lipinski definition) is 1. The van der Waals surface area contributed by atoms with E-state index in [1.54, 1.807) is 6.20 Å². The average molecular weight is 192 g/mol. The van der Waals surface area contributed by atoms with Crippen molar-refractivity contribution < 1.29 is 0 Å². The molecular formula is C8H12N6. The molecule has 0 aliphatic heterocycles. The van der Waals surface area contributed by atoms with Crippen molar-refractivity contribution in [2.24, 2.45) is 0 Å². The summed E-state index contributed by atoms with van der Waals surface area (Å²) in [6.45, 7) is 6.13. The summed E-state index contributed by atoms with van der Waals surface area (Å²) in [4.78, 5) is 9.67. The van der Waals surface area contributed by atoms with Gasteiger partial charge in [-0.2, -0.15) is 4.79 Å². The highest BCUT2D eigenvalue weighted by molar-refractivity contribution is 5.68. The Kier molecular flexibility index (Phi) is 1.67. The van der Waals surface area contributed by atoms with Crippen molar-refractivity contribution in [2.45, 2.75) is 26.2 Å². The number of hydrogen-bond acceptors (Lipinski definition) is 5. The molecule has 2 aromatic heterocycles. The molecule has 0 bridgehead atoms. The van der Waals surface area contributed by atoms with Crippen LogP contribution in [0, 0.1) is 0 Å². The van der Waals surface area contributed by atoms with Crippen molar-refractivity contribution >= 4 is 11.2 Å². The first-order valence-corrected chi connectivity index (χ1v) is 4.32. The fourth-order valence-corrected chi connectivity index (χ4v) is 1.10. The van der Waals surface area contributed by atoms with E-state index in [9.17, 15) is 0 Å². The summed E-state index contributed by atoms with van der Waals surface area (Å²) in [7, 11) is 0. The molecule has 2 N–H and O–H groups in total. The number of nitrogens with zero attached hydrogens (tertiary/aromatic N) is 5. The molecule has 0 atom stereocenters. The van der Waals surface area contributed by atoms with Crippen LogP contribution in [-0.2, 0) is 5.41 Å². The lowest BCUT2D eigenvalue weighted by molar-refractivity contribution is 0.547. The van der Waals surface area contributed by atoms with Crippen LogP contribution in [-0.4, -0.2) is 25.1 Å². The number of rotatable bonds is 0. The lowest BCUT2D eigenvalue weighted by Gasteiger charge is -2.15. The van der Waals surface area contributed by atoms with Crippen LogP contribution in [0.3, 0.4) is 0 Å². The van der Waals surface area contributed by atoms with Crippen molar-refractivity contribution in [3.8, 4) is 0 Å². The molecule has 14 heavy (non-hydrogen) atoms. The third-order valence-electron chi connectivity index (χ3n) is 1.90. The molecule has 0 unspecified atom stereocenters. The Morgan fingerprint density at radius 2 is 2.07 bits per heavy atom. The molecule has 0 fully saturated rings. The largest absolute Gasteiger partial charge is 0.321 e. The Labute approximate surface area is 81.1 Å². The molecule has 2 heterocycles. The Balaban J connectivity index is 2.63. The number of nitrogens with two attached hydrogens (primary N) is 1. The zero-order chi connectivity index (χ0) is 10.3. The van der Waals surface area contributed by atoms with E-state index in [0.29, 0.717) is 11.2 Å². The van der Waals surface area contributed by atoms with Gasteiger partial charge in [0.05, 0.1) is 6.20 Å². The maximum Gasteiger partial charge on any atom is 0.207 e. The van der Waals surface area contributed by atoms with Gasteiger partial charge in [-0.1, -0.05) is 20.8 Å². The van der Waals surface area contributed by atoms with Crippen LogP contribution in [0.1, 0.15) is 26.6 Å². The summed E-state index contributed by atoms with van der Waals surface area (Å²) in [5, 5.41) is 7.49. The summed E-state index contributed by atoms with van der Waals surface area (Å²) < 4.78 is 0. The highest BCUT2D eigenvalue weighted by Gasteiger charge is 2.18. The molecule has 0 aromatic carbocycles. The summed E-state index contributed by atoms with van der Waals surface area (Å²) in [5.41, 5.74) is 1.08. The maximum absolute atomic E-state index is 5.50. The third-order valence-corrected chi connectivity index (χ3v) is 1.90. The van der Waals surface area contributed by atoms with Crippen molar-refractivity contribution in [3.05, 3.63) is 12.0 Å². The molecule has 0 saturated carbocycles. The maximum atomic E-state index is 5.50. The Morgan fingerprint density at radius 3 is 2.71 bits per heavy atom. The summed E-state index contributed by atoms with van der Waals surface area (Å²) in [6.07, 6.45) is 1.64. The molecule has 0 aliphatic rings. The summed E-state index contributed by atoms with van der Waals surface area (Å²) in [6, 6.07) is 0. The van der Waals surface area contributed by atoms with Crippen molar-refractivity contribution in [1.82, 2.24) is 25.1 Å². The van der Waals surface area contributed by atoms with Gasteiger partial charge in [0.2, 0.25) is 5.65 Å². The summed E-state index contributed by atoms with van der Waals surface area (Å²) in [5.74, 6) is 6.24. The zero-order valence-electron chi connectivity index (χ0n) is 8.39. The van der Waals surface area contributed by atoms with E-state index in [2.05, 4.69) is 20.3 Å². The monoisotopic (exact) mass is 192 g/mol. The minimum absolute atomic E-state index is 0.0907. The van der Waals surface area contributed by atoms with Gasteiger partial charge in [-0.05, 0) is 5.21 Å². The molecule has 2 aromatic rings. The highest BCUT2D eigenvalue weighted by Crippen LogP contribution is 2.18. The molecule has 0 radical (unpaired) electrons. The van der Waals surface area contributed by atoms with Gasteiger partial charge in [-0.25, -0.2) is 9.97 Å². The molecule has 0 aliphatic carbocycles. The minimum Gasteiger partial charge on any atom is -0.321 e. The van der Waals surface area contributed by atoms with Gasteiger partial charge in [0.1, 0.15) is 11.3 Å². The van der Waals surface area contributed by atoms with E-state index in [0.717, 1.165) is 5.82 Å². The normalized spacial score (nSPS) is 12.2. The number of fused-ring (bicyclic) bond motifs is 1. The first-order chi connectivity index (χ1) is 6.48. The fourth-order valence-electron chi connectivity index (χ4n) is 1.10. The zero-order valence-corrected chi connectivity index (χ0v) is 8.39. The lowest BCUT2D eigenvalue weighted by atomic mass is 9.96. The van der Waals surface area contributed by atoms with Gasteiger partial charge in [-0.15, -0.1) is 5.10 Å². The van der Waals surface area contributed by atoms with E-state index in [4.69, 9.17) is 5.84 Å². The standard InChI is InChI=1S/C8H12N6/c1-8(2,3)7-10-4-5-6(11-7)12-13-14(5)9/h4H,9H2,1-3H3. The second-order valence-corrected chi connectivity index (χ2v) is 4.19. The molecule has 0 amide bonds. The molecular weight excluding hydrogens is 180 g/mol. The van der Waals surface area contributed by atoms with Crippen molar-refractivity contribution in [2.75, 3.05) is 5.84 Å². The predicted octanol–water partition coefficient (Wildman–Crippen LogP) is 0.233. The average Bonchev–Trinajstić information content (AvgIpc) is 2.46. The SMILES string of the molecule is CC(C)(C)c1ncc2c(nnn2N)n1. The van der Waals surface area contributed by atoms with Crippen LogP contribution in [0.15, 0.2) is 6.20 Å². The Bertz CT molecular complexity index is 466. The highest BCUT2D eigenvalue weighted by atomic mass is 15.6. The Hall–Kier alpha value is -1.72. The minimum atomic E-state index is -0.0907. The second-order valence-electron chi connectivity index (χ2n) is 4.19. The van der Waals surface area contributed by atoms with Gasteiger partial charge in [0.15, 0.2) is 0 Å². The van der Waals surface area contributed by atoms with Crippen LogP contribution < -0.4 is 5.84 Å². The summed E-state index contributed by atoms with van der Waals surface area (Å²) >= 11 is 0. The predicted molar refractivity (Wildman–Crippen MR) is 52.0 cm³/mol. The molecule has 6 heteroatoms. The first-order valence-electron chi connectivity index (χ1n) is 4.32. The molecule has 2 rings (SSSR count). The van der Waals surface area contributed by atoms with Gasteiger partial charge < -0.3 is 5.84 Å². The Morgan fingerprint density at radius 1 is 1.36 bits per heavy atom. The van der Waals surface area contributed by atoms with Crippen molar-refractivity contribution in [1.29, 1.82) is 0 Å². The third kappa shape index (κ3) is 1.28. The molecule has 0 spiro atoms. The number of nitrogen functional groups attached to an aromatic ring is 1. The number of aromatic nitrogens is 5. The second kappa shape index (κ2) is 2.63. The fraction of sp³-hybridized carbons (Fsp3) is 0.500. The van der Waals surface area contributed by atoms with Crippen LogP contribution in [0.2, 0.25) is 0 Å². The van der Waals surface area contributed by atoms with E-state index in [1.165, 1.54) is 4.79 Å².